The molecule has 69 heavy (non-hydrogen) atoms. The molecule has 0 spiro atoms. The summed E-state index contributed by atoms with van der Waals surface area (Å²) in [5.74, 6) is 0. The maximum absolute atomic E-state index is 4.62. The Bertz CT molecular complexity index is 2510. The second kappa shape index (κ2) is 32.8. The fourth-order valence-electron chi connectivity index (χ4n) is 6.62. The third kappa shape index (κ3) is 19.2. The zero-order valence-corrected chi connectivity index (χ0v) is 44.8. The van der Waals surface area contributed by atoms with Gasteiger partial charge in [0, 0.05) is 18.9 Å². The third-order valence-electron chi connectivity index (χ3n) is 9.96. The van der Waals surface area contributed by atoms with Gasteiger partial charge in [0.25, 0.3) is 0 Å². The summed E-state index contributed by atoms with van der Waals surface area (Å²) in [6, 6.07) is 66.6. The summed E-state index contributed by atoms with van der Waals surface area (Å²) < 4.78 is 4.36. The third-order valence-corrected chi connectivity index (χ3v) is 9.96. The average Bonchev–Trinajstić information content (AvgIpc) is 4.08. The summed E-state index contributed by atoms with van der Waals surface area (Å²) in [7, 11) is 4.61. The van der Waals surface area contributed by atoms with Gasteiger partial charge in [0.05, 0.1) is 29.3 Å². The number of hydrogen-bond donors (Lipinski definition) is 0. The Hall–Kier alpha value is -5.82. The van der Waals surface area contributed by atoms with Crippen LogP contribution in [0.1, 0.15) is 32.4 Å². The number of pyridine rings is 4. The molecule has 5 aromatic heterocycles. The van der Waals surface area contributed by atoms with Crippen LogP contribution in [0.25, 0.3) is 45.3 Å². The molecule has 0 bridgehead atoms. The smallest absolute Gasteiger partial charge is 0.295 e. The Morgan fingerprint density at radius 3 is 1.43 bits per heavy atom. The molecule has 0 amide bonds. The number of hydrogen-bond acceptors (Lipinski definition) is 6. The number of aromatic nitrogens is 6. The molecule has 9 aromatic rings. The van der Waals surface area contributed by atoms with Gasteiger partial charge in [-0.05, 0) is 84.8 Å². The first-order valence-electron chi connectivity index (χ1n) is 21.6. The molecule has 358 valence electrons. The summed E-state index contributed by atoms with van der Waals surface area (Å²) in [6.45, 7) is 10.4. The second-order valence-electron chi connectivity index (χ2n) is 14.6. The normalized spacial score (nSPS) is 10.6. The van der Waals surface area contributed by atoms with Gasteiger partial charge in [0.2, 0.25) is 6.33 Å². The standard InChI is InChI=1S/2C16H11N2.2C12H15N2.CH4.BrH.ClH.2Pt/c2*1-2-7-13(8-3-1)14-10-6-11-16(18-14)15-9-4-5-12-17-15;2*1-2-13-8-9-14(11-13)10-12-6-4-3-5-7-12;;;;;/h2*1-7,9-12H;2*3-9,11H,2,10H2,1H3;1H4;2*1H;;/q3*-1;+1;;;;2*+2/p-1. The van der Waals surface area contributed by atoms with Crippen LogP contribution in [0, 0.1) is 18.8 Å². The molecule has 0 aliphatic carbocycles. The zero-order valence-electron chi connectivity index (χ0n) is 37.8. The summed E-state index contributed by atoms with van der Waals surface area (Å²) in [6.07, 6.45) is 14.1. The molecule has 0 fully saturated rings. The summed E-state index contributed by atoms with van der Waals surface area (Å²) in [4.78, 5) is 22.2. The van der Waals surface area contributed by atoms with Gasteiger partial charge < -0.3 is 9.80 Å². The summed E-state index contributed by atoms with van der Waals surface area (Å²) in [5, 5.41) is 0. The average molecular weight is 1360 g/mol. The topological polar surface area (TPSA) is 66.8 Å². The van der Waals surface area contributed by atoms with Crippen molar-refractivity contribution in [1.82, 2.24) is 34.3 Å². The summed E-state index contributed by atoms with van der Waals surface area (Å²) in [5.41, 5.74) is 10.0. The van der Waals surface area contributed by atoms with Crippen molar-refractivity contribution in [2.45, 2.75) is 40.9 Å². The molecule has 0 saturated heterocycles. The minimum absolute atomic E-state index is 0. The van der Waals surface area contributed by atoms with E-state index in [9.17, 15) is 0 Å². The molecule has 1 aliphatic rings. The quantitative estimate of drug-likeness (QED) is 0.100. The van der Waals surface area contributed by atoms with Crippen molar-refractivity contribution in [2.24, 2.45) is 0 Å². The van der Waals surface area contributed by atoms with E-state index in [1.807, 2.05) is 133 Å². The van der Waals surface area contributed by atoms with Crippen molar-refractivity contribution >= 4 is 26.4 Å². The second-order valence-corrected chi connectivity index (χ2v) is 14.6. The van der Waals surface area contributed by atoms with E-state index in [0.717, 1.165) is 71.5 Å². The molecule has 1 aliphatic heterocycles. The number of imidazole rings is 1. The minimum Gasteiger partial charge on any atom is -0.295 e. The van der Waals surface area contributed by atoms with E-state index in [4.69, 9.17) is 0 Å². The van der Waals surface area contributed by atoms with Gasteiger partial charge >= 0.3 is 49.3 Å². The van der Waals surface area contributed by atoms with Crippen LogP contribution in [-0.4, -0.2) is 40.8 Å². The fraction of sp³-hybridized carbons (Fsp3) is 0.123. The predicted octanol–water partition coefficient (Wildman–Crippen LogP) is 13.4. The monoisotopic (exact) mass is 1360 g/mol. The maximum atomic E-state index is 4.62. The fourth-order valence-corrected chi connectivity index (χ4v) is 6.62. The van der Waals surface area contributed by atoms with Gasteiger partial charge in [0.1, 0.15) is 18.9 Å². The molecule has 0 atom stereocenters. The first-order valence-corrected chi connectivity index (χ1v) is 24.5. The van der Waals surface area contributed by atoms with E-state index in [1.165, 1.54) is 11.1 Å². The van der Waals surface area contributed by atoms with Gasteiger partial charge in [0.15, 0.2) is 0 Å². The van der Waals surface area contributed by atoms with E-state index in [-0.39, 0.29) is 45.5 Å². The minimum atomic E-state index is 0. The zero-order chi connectivity index (χ0) is 46.0. The van der Waals surface area contributed by atoms with E-state index in [0.29, 0.717) is 0 Å². The molecule has 8 nitrogen and oxygen atoms in total. The van der Waals surface area contributed by atoms with Gasteiger partial charge in [-0.25, -0.2) is 9.13 Å². The van der Waals surface area contributed by atoms with Gasteiger partial charge in [-0.3, -0.25) is 19.9 Å². The van der Waals surface area contributed by atoms with Crippen molar-refractivity contribution < 1.29 is 44.4 Å². The van der Waals surface area contributed by atoms with Crippen molar-refractivity contribution in [3.05, 3.63) is 255 Å². The molecular weight excluding hydrogens is 1300 g/mol. The Labute approximate surface area is 449 Å². The van der Waals surface area contributed by atoms with Crippen molar-refractivity contribution in [3.8, 4) is 45.3 Å². The van der Waals surface area contributed by atoms with Crippen LogP contribution < -0.4 is 4.57 Å². The Morgan fingerprint density at radius 1 is 0.536 bits per heavy atom. The van der Waals surface area contributed by atoms with Crippen LogP contribution >= 0.6 is 26.4 Å². The number of benzene rings is 4. The maximum Gasteiger partial charge on any atom is 2.00 e. The molecular formula is C57H57BrClN8Pt2+. The number of rotatable bonds is 10. The Morgan fingerprint density at radius 2 is 1.00 bits per heavy atom. The van der Waals surface area contributed by atoms with E-state index >= 15 is 0 Å². The predicted molar refractivity (Wildman–Crippen MR) is 280 cm³/mol. The molecule has 0 saturated carbocycles. The van der Waals surface area contributed by atoms with Crippen molar-refractivity contribution in [3.63, 3.8) is 0 Å². The van der Waals surface area contributed by atoms with Crippen LogP contribution in [0.15, 0.2) is 226 Å². The van der Waals surface area contributed by atoms with Crippen molar-refractivity contribution in [1.29, 1.82) is 0 Å². The molecule has 0 radical (unpaired) electrons. The number of nitrogens with zero attached hydrogens (tertiary/aromatic N) is 8. The van der Waals surface area contributed by atoms with Crippen LogP contribution in [0.4, 0.5) is 0 Å². The van der Waals surface area contributed by atoms with Crippen molar-refractivity contribution in [2.75, 3.05) is 6.54 Å². The van der Waals surface area contributed by atoms with Crippen LogP contribution in [-0.2, 0) is 59.5 Å². The molecule has 12 heteroatoms. The number of halogens is 2. The number of aryl methyl sites for hydroxylation is 1. The van der Waals surface area contributed by atoms with Gasteiger partial charge in [-0.2, -0.15) is 6.67 Å². The SMILES string of the molecule is Br.C.CCN1C=CN(Cc2ccccc2)[CH-]1.CCn1cc[n+](Cc2ccccc2)c1.[Cl][Pt+].[Pt+2].[c-]1ccccc1-c1cccc(-c2ccccn2)n1.[c-]1ccccc1-c1cccc(-c2ccccn2)n1. The Balaban J connectivity index is 0.000000239. The van der Waals surface area contributed by atoms with Crippen LogP contribution in [0.2, 0.25) is 0 Å². The van der Waals surface area contributed by atoms with Crippen LogP contribution in [0.5, 0.6) is 0 Å². The van der Waals surface area contributed by atoms with Crippen LogP contribution in [0.3, 0.4) is 0 Å². The Kier molecular flexibility index (Phi) is 27.4. The summed E-state index contributed by atoms with van der Waals surface area (Å²) >= 11 is 1.61. The molecule has 0 unspecified atom stereocenters. The molecule has 10 rings (SSSR count). The largest absolute Gasteiger partial charge is 2.00 e. The van der Waals surface area contributed by atoms with E-state index in [2.05, 4.69) is 161 Å². The van der Waals surface area contributed by atoms with Gasteiger partial charge in [-0.15, -0.1) is 88.8 Å². The first kappa shape index (κ1) is 57.5. The molecule has 4 aromatic carbocycles. The molecule has 6 heterocycles. The first-order chi connectivity index (χ1) is 32.6. The van der Waals surface area contributed by atoms with E-state index in [1.54, 1.807) is 31.2 Å². The van der Waals surface area contributed by atoms with E-state index < -0.39 is 0 Å². The van der Waals surface area contributed by atoms with Gasteiger partial charge in [-0.1, -0.05) is 111 Å². The molecule has 0 N–H and O–H groups in total.